The summed E-state index contributed by atoms with van der Waals surface area (Å²) in [5, 5.41) is 9.47. The van der Waals surface area contributed by atoms with Gasteiger partial charge in [0.2, 0.25) is 0 Å². The van der Waals surface area contributed by atoms with Crippen molar-refractivity contribution in [1.82, 2.24) is 0 Å². The Kier molecular flexibility index (Phi) is 6.12. The molecule has 0 aromatic rings. The van der Waals surface area contributed by atoms with Crippen molar-refractivity contribution in [2.45, 2.75) is 64.4 Å². The Morgan fingerprint density at radius 3 is 1.56 bits per heavy atom. The van der Waals surface area contributed by atoms with Crippen molar-refractivity contribution >= 4 is 0 Å². The van der Waals surface area contributed by atoms with Crippen LogP contribution in [0.1, 0.15) is 58.3 Å². The maximum Gasteiger partial charge on any atom is 0.0540 e. The van der Waals surface area contributed by atoms with Gasteiger partial charge in [-0.25, -0.2) is 0 Å². The zero-order valence-corrected chi connectivity index (χ0v) is 10.8. The average molecular weight is 224 g/mol. The highest BCUT2D eigenvalue weighted by atomic mass is 16.3. The van der Waals surface area contributed by atoms with E-state index in [0.29, 0.717) is 0 Å². The molecule has 16 heavy (non-hydrogen) atoms. The molecule has 0 aromatic heterocycles. The van der Waals surface area contributed by atoms with Gasteiger partial charge in [0, 0.05) is 0 Å². The van der Waals surface area contributed by atoms with Crippen molar-refractivity contribution < 1.29 is 5.11 Å². The smallest absolute Gasteiger partial charge is 0.0540 e. The summed E-state index contributed by atoms with van der Waals surface area (Å²) in [6.45, 7) is 8.39. The second kappa shape index (κ2) is 7.11. The van der Waals surface area contributed by atoms with Gasteiger partial charge in [0.1, 0.15) is 0 Å². The largest absolute Gasteiger partial charge is 0.393 e. The first-order chi connectivity index (χ1) is 7.75. The Labute approximate surface area is 101 Å². The maximum atomic E-state index is 9.47. The van der Waals surface area contributed by atoms with Crippen molar-refractivity contribution in [3.63, 3.8) is 0 Å². The third kappa shape index (κ3) is 3.93. The van der Waals surface area contributed by atoms with Gasteiger partial charge in [-0.15, -0.1) is 13.2 Å². The molecule has 2 aliphatic rings. The van der Waals surface area contributed by atoms with E-state index in [4.69, 9.17) is 0 Å². The molecule has 2 fully saturated rings. The normalized spacial score (nSPS) is 39.6. The van der Waals surface area contributed by atoms with Gasteiger partial charge in [-0.3, -0.25) is 0 Å². The Hall–Kier alpha value is -0.300. The minimum atomic E-state index is 0.0220. The molecule has 94 valence electrons. The lowest BCUT2D eigenvalue weighted by Crippen LogP contribution is -2.26. The predicted molar refractivity (Wildman–Crippen MR) is 70.3 cm³/mol. The van der Waals surface area contributed by atoms with Crippen LogP contribution < -0.4 is 0 Å². The van der Waals surface area contributed by atoms with Gasteiger partial charge in [-0.1, -0.05) is 19.8 Å². The molecule has 2 rings (SSSR count). The molecule has 0 spiro atoms. The average Bonchev–Trinajstić information content (AvgIpc) is 2.34. The van der Waals surface area contributed by atoms with E-state index in [1.807, 2.05) is 0 Å². The lowest BCUT2D eigenvalue weighted by molar-refractivity contribution is 0.0780. The van der Waals surface area contributed by atoms with Crippen LogP contribution in [0.4, 0.5) is 0 Å². The topological polar surface area (TPSA) is 20.2 Å². The minimum absolute atomic E-state index is 0.0220. The van der Waals surface area contributed by atoms with Gasteiger partial charge in [-0.2, -0.15) is 0 Å². The van der Waals surface area contributed by atoms with E-state index >= 15 is 0 Å². The van der Waals surface area contributed by atoms with Crippen LogP contribution in [-0.4, -0.2) is 11.2 Å². The number of hydrogen-bond donors (Lipinski definition) is 1. The zero-order valence-electron chi connectivity index (χ0n) is 10.8. The van der Waals surface area contributed by atoms with Gasteiger partial charge in [0.15, 0.2) is 0 Å². The summed E-state index contributed by atoms with van der Waals surface area (Å²) in [4.78, 5) is 0. The van der Waals surface area contributed by atoms with E-state index in [9.17, 15) is 5.11 Å². The number of aliphatic hydroxyl groups excluding tert-OH is 1. The fourth-order valence-electron chi connectivity index (χ4n) is 3.33. The molecule has 0 aliphatic heterocycles. The lowest BCUT2D eigenvalue weighted by atomic mass is 9.71. The van der Waals surface area contributed by atoms with Crippen LogP contribution >= 0.6 is 0 Å². The third-order valence-electron chi connectivity index (χ3n) is 4.47. The standard InChI is InChI=1S/C13H24O.C2H4/c1-10-2-4-11(5-3-10)12-6-8-13(14)9-7-12;1-2/h10-14H,2-9H2,1H3;1-2H2. The molecular weight excluding hydrogens is 196 g/mol. The molecule has 0 heterocycles. The van der Waals surface area contributed by atoms with E-state index in [1.165, 1.54) is 38.5 Å². The summed E-state index contributed by atoms with van der Waals surface area (Å²) in [7, 11) is 0. The Morgan fingerprint density at radius 1 is 0.750 bits per heavy atom. The Balaban J connectivity index is 0.000000606. The third-order valence-corrected chi connectivity index (χ3v) is 4.47. The molecule has 0 aromatic carbocycles. The van der Waals surface area contributed by atoms with Crippen LogP contribution in [0.25, 0.3) is 0 Å². The fraction of sp³-hybridized carbons (Fsp3) is 0.867. The van der Waals surface area contributed by atoms with Gasteiger partial charge in [0.25, 0.3) is 0 Å². The van der Waals surface area contributed by atoms with Crippen molar-refractivity contribution in [3.8, 4) is 0 Å². The Morgan fingerprint density at radius 2 is 1.12 bits per heavy atom. The van der Waals surface area contributed by atoms with Crippen molar-refractivity contribution in [2.75, 3.05) is 0 Å². The zero-order chi connectivity index (χ0) is 12.0. The van der Waals surface area contributed by atoms with Gasteiger partial charge in [0.05, 0.1) is 6.10 Å². The van der Waals surface area contributed by atoms with E-state index in [2.05, 4.69) is 20.1 Å². The summed E-state index contributed by atoms with van der Waals surface area (Å²) >= 11 is 0. The summed E-state index contributed by atoms with van der Waals surface area (Å²) in [6.07, 6.45) is 10.6. The van der Waals surface area contributed by atoms with Crippen LogP contribution in [0.2, 0.25) is 0 Å². The predicted octanol–water partition coefficient (Wildman–Crippen LogP) is 4.17. The monoisotopic (exact) mass is 224 g/mol. The fourth-order valence-corrected chi connectivity index (χ4v) is 3.33. The number of hydrogen-bond acceptors (Lipinski definition) is 1. The van der Waals surface area contributed by atoms with E-state index in [0.717, 1.165) is 30.6 Å². The van der Waals surface area contributed by atoms with Crippen molar-refractivity contribution in [2.24, 2.45) is 17.8 Å². The molecule has 2 aliphatic carbocycles. The molecule has 1 N–H and O–H groups in total. The van der Waals surface area contributed by atoms with Gasteiger partial charge < -0.3 is 5.11 Å². The molecule has 0 unspecified atom stereocenters. The first kappa shape index (κ1) is 13.8. The molecule has 2 saturated carbocycles. The molecule has 0 radical (unpaired) electrons. The van der Waals surface area contributed by atoms with E-state index < -0.39 is 0 Å². The summed E-state index contributed by atoms with van der Waals surface area (Å²) in [6, 6.07) is 0. The molecule has 1 heteroatoms. The van der Waals surface area contributed by atoms with Crippen LogP contribution in [0.15, 0.2) is 13.2 Å². The molecule has 0 amide bonds. The summed E-state index contributed by atoms with van der Waals surface area (Å²) < 4.78 is 0. The highest BCUT2D eigenvalue weighted by Gasteiger charge is 2.29. The highest BCUT2D eigenvalue weighted by Crippen LogP contribution is 2.39. The second-order valence-electron chi connectivity index (χ2n) is 5.59. The molecule has 1 nitrogen and oxygen atoms in total. The summed E-state index contributed by atoms with van der Waals surface area (Å²) in [5.74, 6) is 2.92. The van der Waals surface area contributed by atoms with Crippen LogP contribution in [0.5, 0.6) is 0 Å². The molecule has 0 atom stereocenters. The first-order valence-corrected chi connectivity index (χ1v) is 6.93. The first-order valence-electron chi connectivity index (χ1n) is 6.93. The molecular formula is C15H28O. The second-order valence-corrected chi connectivity index (χ2v) is 5.59. The van der Waals surface area contributed by atoms with E-state index in [1.54, 1.807) is 0 Å². The van der Waals surface area contributed by atoms with Crippen LogP contribution in [0, 0.1) is 17.8 Å². The minimum Gasteiger partial charge on any atom is -0.393 e. The van der Waals surface area contributed by atoms with E-state index in [-0.39, 0.29) is 6.10 Å². The Bertz CT molecular complexity index is 154. The van der Waals surface area contributed by atoms with Crippen molar-refractivity contribution in [1.29, 1.82) is 0 Å². The SMILES string of the molecule is C=C.CC1CCC(C2CCC(O)CC2)CC1. The molecule has 0 bridgehead atoms. The van der Waals surface area contributed by atoms with Crippen LogP contribution in [0.3, 0.4) is 0 Å². The van der Waals surface area contributed by atoms with Gasteiger partial charge >= 0.3 is 0 Å². The van der Waals surface area contributed by atoms with Crippen LogP contribution in [-0.2, 0) is 0 Å². The van der Waals surface area contributed by atoms with Crippen molar-refractivity contribution in [3.05, 3.63) is 13.2 Å². The number of rotatable bonds is 1. The quantitative estimate of drug-likeness (QED) is 0.663. The summed E-state index contributed by atoms with van der Waals surface area (Å²) in [5.41, 5.74) is 0. The number of aliphatic hydroxyl groups is 1. The maximum absolute atomic E-state index is 9.47. The van der Waals surface area contributed by atoms with Gasteiger partial charge in [-0.05, 0) is 56.3 Å². The molecule has 0 saturated heterocycles. The lowest BCUT2D eigenvalue weighted by Gasteiger charge is -2.36. The highest BCUT2D eigenvalue weighted by molar-refractivity contribution is 4.80.